The molecule has 122 valence electrons. The Morgan fingerprint density at radius 2 is 1.48 bits per heavy atom. The first-order valence-electron chi connectivity index (χ1n) is 7.81. The third kappa shape index (κ3) is 2.68. The van der Waals surface area contributed by atoms with Crippen LogP contribution in [0.1, 0.15) is 0 Å². The molecule has 2 nitrogen and oxygen atoms in total. The largest absolute Gasteiger partial charge is 0.270 e. The second kappa shape index (κ2) is 6.30. The van der Waals surface area contributed by atoms with E-state index in [1.165, 1.54) is 16.7 Å². The molecule has 0 saturated carbocycles. The van der Waals surface area contributed by atoms with Crippen LogP contribution in [0.4, 0.5) is 4.39 Å². The van der Waals surface area contributed by atoms with Gasteiger partial charge < -0.3 is 0 Å². The third-order valence-corrected chi connectivity index (χ3v) is 4.91. The lowest BCUT2D eigenvalue weighted by Gasteiger charge is -2.16. The van der Waals surface area contributed by atoms with E-state index in [0.29, 0.717) is 15.7 Å². The van der Waals surface area contributed by atoms with Crippen LogP contribution in [0.25, 0.3) is 27.6 Å². The Kier molecular flexibility index (Phi) is 3.98. The van der Waals surface area contributed by atoms with Crippen molar-refractivity contribution in [3.05, 3.63) is 99.6 Å². The smallest absolute Gasteiger partial charge is 0.263 e. The molecule has 0 saturated heterocycles. The quantitative estimate of drug-likeness (QED) is 0.408. The van der Waals surface area contributed by atoms with Crippen LogP contribution in [-0.4, -0.2) is 4.57 Å². The molecule has 1 aromatic heterocycles. The van der Waals surface area contributed by atoms with Crippen molar-refractivity contribution in [3.8, 4) is 16.8 Å². The van der Waals surface area contributed by atoms with Gasteiger partial charge in [0.2, 0.25) is 0 Å². The van der Waals surface area contributed by atoms with Gasteiger partial charge in [-0.3, -0.25) is 9.36 Å². The summed E-state index contributed by atoms with van der Waals surface area (Å²) in [5.74, 6) is -0.384. The first-order chi connectivity index (χ1) is 12.2. The maximum Gasteiger partial charge on any atom is 0.263 e. The summed E-state index contributed by atoms with van der Waals surface area (Å²) in [4.78, 5) is 13.1. The Balaban J connectivity index is 2.17. The molecule has 0 bridgehead atoms. The van der Waals surface area contributed by atoms with Crippen LogP contribution in [-0.2, 0) is 0 Å². The number of pyridine rings is 1. The van der Waals surface area contributed by atoms with Crippen molar-refractivity contribution in [2.24, 2.45) is 0 Å². The van der Waals surface area contributed by atoms with Crippen molar-refractivity contribution in [3.63, 3.8) is 0 Å². The number of hydrogen-bond donors (Lipinski definition) is 0. The lowest BCUT2D eigenvalue weighted by molar-refractivity contribution is 0.626. The summed E-state index contributed by atoms with van der Waals surface area (Å²) in [5.41, 5.74) is 2.18. The third-order valence-electron chi connectivity index (χ3n) is 4.16. The highest BCUT2D eigenvalue weighted by Crippen LogP contribution is 2.35. The molecule has 0 unspecified atom stereocenters. The van der Waals surface area contributed by atoms with E-state index in [4.69, 9.17) is 0 Å². The monoisotopic (exact) mass is 393 g/mol. The van der Waals surface area contributed by atoms with Crippen molar-refractivity contribution >= 4 is 26.7 Å². The van der Waals surface area contributed by atoms with Gasteiger partial charge in [-0.1, -0.05) is 54.6 Å². The van der Waals surface area contributed by atoms with E-state index < -0.39 is 0 Å². The van der Waals surface area contributed by atoms with E-state index >= 15 is 0 Å². The number of aromatic nitrogens is 1. The van der Waals surface area contributed by atoms with Crippen molar-refractivity contribution < 1.29 is 4.39 Å². The molecular weight excluding hydrogens is 381 g/mol. The second-order valence-corrected chi connectivity index (χ2v) is 6.45. The predicted molar refractivity (Wildman–Crippen MR) is 103 cm³/mol. The van der Waals surface area contributed by atoms with Crippen LogP contribution in [0, 0.1) is 5.82 Å². The van der Waals surface area contributed by atoms with Gasteiger partial charge in [0.25, 0.3) is 5.56 Å². The molecule has 0 aliphatic heterocycles. The van der Waals surface area contributed by atoms with Crippen LogP contribution in [0.5, 0.6) is 0 Å². The van der Waals surface area contributed by atoms with Crippen LogP contribution < -0.4 is 5.56 Å². The van der Waals surface area contributed by atoms with Gasteiger partial charge >= 0.3 is 0 Å². The summed E-state index contributed by atoms with van der Waals surface area (Å²) < 4.78 is 15.8. The standard InChI is InChI=1S/C21H13BrFNO/c22-20-19(14-7-2-1-3-8-14)17-11-4-5-12-18(17)21(25)24(20)16-10-6-9-15(23)13-16/h1-13H. The first kappa shape index (κ1) is 15.8. The number of nitrogens with zero attached hydrogens (tertiary/aromatic N) is 1. The Bertz CT molecular complexity index is 1140. The predicted octanol–water partition coefficient (Wildman–Crippen LogP) is 5.56. The second-order valence-electron chi connectivity index (χ2n) is 5.70. The normalized spacial score (nSPS) is 11.0. The van der Waals surface area contributed by atoms with Gasteiger partial charge in [-0.15, -0.1) is 0 Å². The fourth-order valence-corrected chi connectivity index (χ4v) is 3.85. The van der Waals surface area contributed by atoms with Gasteiger partial charge in [-0.05, 0) is 51.1 Å². The van der Waals surface area contributed by atoms with E-state index in [1.54, 1.807) is 18.2 Å². The summed E-state index contributed by atoms with van der Waals surface area (Å²) in [7, 11) is 0. The topological polar surface area (TPSA) is 22.0 Å². The molecule has 25 heavy (non-hydrogen) atoms. The SMILES string of the molecule is O=c1c2ccccc2c(-c2ccccc2)c(Br)n1-c1cccc(F)c1. The van der Waals surface area contributed by atoms with Crippen LogP contribution >= 0.6 is 15.9 Å². The molecule has 0 aliphatic carbocycles. The summed E-state index contributed by atoms with van der Waals surface area (Å²) in [6.45, 7) is 0. The Hall–Kier alpha value is -2.72. The Morgan fingerprint density at radius 3 is 2.20 bits per heavy atom. The highest BCUT2D eigenvalue weighted by atomic mass is 79.9. The summed E-state index contributed by atoms with van der Waals surface area (Å²) >= 11 is 3.59. The van der Waals surface area contributed by atoms with Crippen LogP contribution in [0.2, 0.25) is 0 Å². The molecule has 3 aromatic carbocycles. The molecular formula is C21H13BrFNO. The average Bonchev–Trinajstić information content (AvgIpc) is 2.63. The maximum absolute atomic E-state index is 13.7. The highest BCUT2D eigenvalue weighted by molar-refractivity contribution is 9.10. The van der Waals surface area contributed by atoms with Crippen LogP contribution in [0.15, 0.2) is 88.3 Å². The number of benzene rings is 3. The fourth-order valence-electron chi connectivity index (χ4n) is 3.05. The number of hydrogen-bond acceptors (Lipinski definition) is 1. The van der Waals surface area contributed by atoms with Crippen molar-refractivity contribution in [2.75, 3.05) is 0 Å². The molecule has 4 heteroatoms. The maximum atomic E-state index is 13.7. The summed E-state index contributed by atoms with van der Waals surface area (Å²) in [6, 6.07) is 23.4. The van der Waals surface area contributed by atoms with Gasteiger partial charge in [-0.25, -0.2) is 4.39 Å². The minimum atomic E-state index is -0.384. The first-order valence-corrected chi connectivity index (χ1v) is 8.61. The molecule has 0 atom stereocenters. The lowest BCUT2D eigenvalue weighted by Crippen LogP contribution is -2.20. The number of fused-ring (bicyclic) bond motifs is 1. The van der Waals surface area contributed by atoms with Gasteiger partial charge in [0, 0.05) is 10.9 Å². The minimum absolute atomic E-state index is 0.187. The minimum Gasteiger partial charge on any atom is -0.270 e. The molecule has 0 N–H and O–H groups in total. The lowest BCUT2D eigenvalue weighted by atomic mass is 10.0. The zero-order chi connectivity index (χ0) is 17.4. The zero-order valence-corrected chi connectivity index (χ0v) is 14.7. The molecule has 0 radical (unpaired) electrons. The fraction of sp³-hybridized carbons (Fsp3) is 0. The van der Waals surface area contributed by atoms with E-state index in [0.717, 1.165) is 16.5 Å². The van der Waals surface area contributed by atoms with Crippen molar-refractivity contribution in [1.29, 1.82) is 0 Å². The van der Waals surface area contributed by atoms with Crippen molar-refractivity contribution in [1.82, 2.24) is 4.57 Å². The molecule has 0 spiro atoms. The van der Waals surface area contributed by atoms with E-state index in [9.17, 15) is 9.18 Å². The highest BCUT2D eigenvalue weighted by Gasteiger charge is 2.17. The van der Waals surface area contributed by atoms with Gasteiger partial charge in [0.15, 0.2) is 0 Å². The molecule has 0 fully saturated rings. The van der Waals surface area contributed by atoms with Crippen LogP contribution in [0.3, 0.4) is 0 Å². The van der Waals surface area contributed by atoms with Gasteiger partial charge in [0.1, 0.15) is 10.4 Å². The average molecular weight is 394 g/mol. The molecule has 0 amide bonds. The molecule has 4 aromatic rings. The van der Waals surface area contributed by atoms with E-state index in [1.807, 2.05) is 48.5 Å². The molecule has 0 aliphatic rings. The van der Waals surface area contributed by atoms with E-state index in [-0.39, 0.29) is 11.4 Å². The molecule has 1 heterocycles. The number of halogens is 2. The van der Waals surface area contributed by atoms with Gasteiger partial charge in [0.05, 0.1) is 5.69 Å². The van der Waals surface area contributed by atoms with Gasteiger partial charge in [-0.2, -0.15) is 0 Å². The zero-order valence-electron chi connectivity index (χ0n) is 13.1. The van der Waals surface area contributed by atoms with Crippen molar-refractivity contribution in [2.45, 2.75) is 0 Å². The summed E-state index contributed by atoms with van der Waals surface area (Å²) in [6.07, 6.45) is 0. The Morgan fingerprint density at radius 1 is 0.800 bits per heavy atom. The number of rotatable bonds is 2. The Labute approximate surface area is 152 Å². The van der Waals surface area contributed by atoms with E-state index in [2.05, 4.69) is 15.9 Å². The molecule has 4 rings (SSSR count). The summed E-state index contributed by atoms with van der Waals surface area (Å²) in [5, 5.41) is 1.45.